The number of nitrogens with zero attached hydrogens (tertiary/aromatic N) is 1. The van der Waals surface area contributed by atoms with Gasteiger partial charge in [0.25, 0.3) is 0 Å². The van der Waals surface area contributed by atoms with E-state index in [2.05, 4.69) is 12.2 Å². The van der Waals surface area contributed by atoms with Crippen LogP contribution in [0.3, 0.4) is 0 Å². The van der Waals surface area contributed by atoms with Gasteiger partial charge in [0.15, 0.2) is 9.84 Å². The lowest BCUT2D eigenvalue weighted by molar-refractivity contribution is -0.129. The second kappa shape index (κ2) is 6.35. The van der Waals surface area contributed by atoms with Gasteiger partial charge in [-0.25, -0.2) is 8.42 Å². The first-order chi connectivity index (χ1) is 8.00. The molecular weight excluding hydrogens is 240 g/mol. The average molecular weight is 262 g/mol. The fraction of sp³-hybridized carbons (Fsp3) is 0.909. The van der Waals surface area contributed by atoms with Crippen LogP contribution in [0.4, 0.5) is 0 Å². The lowest BCUT2D eigenvalue weighted by Gasteiger charge is -2.16. The van der Waals surface area contributed by atoms with E-state index in [9.17, 15) is 13.2 Å². The van der Waals surface area contributed by atoms with Gasteiger partial charge in [-0.15, -0.1) is 0 Å². The molecule has 1 atom stereocenters. The van der Waals surface area contributed by atoms with Crippen molar-refractivity contribution in [2.75, 3.05) is 31.1 Å². The van der Waals surface area contributed by atoms with E-state index < -0.39 is 9.84 Å². The van der Waals surface area contributed by atoms with E-state index in [1.165, 1.54) is 0 Å². The van der Waals surface area contributed by atoms with Gasteiger partial charge in [0.2, 0.25) is 5.91 Å². The van der Waals surface area contributed by atoms with Gasteiger partial charge in [-0.2, -0.15) is 0 Å². The van der Waals surface area contributed by atoms with Crippen LogP contribution >= 0.6 is 0 Å². The number of hydrogen-bond acceptors (Lipinski definition) is 4. The van der Waals surface area contributed by atoms with Crippen molar-refractivity contribution in [3.63, 3.8) is 0 Å². The lowest BCUT2D eigenvalue weighted by Crippen LogP contribution is -2.40. The summed E-state index contributed by atoms with van der Waals surface area (Å²) in [7, 11) is -2.98. The quantitative estimate of drug-likeness (QED) is 0.702. The van der Waals surface area contributed by atoms with E-state index in [1.54, 1.807) is 11.8 Å². The Morgan fingerprint density at radius 1 is 1.41 bits per heavy atom. The van der Waals surface area contributed by atoms with Crippen LogP contribution in [0.5, 0.6) is 0 Å². The molecule has 1 unspecified atom stereocenters. The molecule has 1 N–H and O–H groups in total. The third-order valence-corrected chi connectivity index (χ3v) is 4.73. The minimum absolute atomic E-state index is 0.0461. The van der Waals surface area contributed by atoms with Crippen molar-refractivity contribution >= 4 is 15.7 Å². The molecule has 0 aliphatic carbocycles. The number of nitrogens with one attached hydrogen (secondary N) is 1. The predicted octanol–water partition coefficient (Wildman–Crippen LogP) is 0.0216. The molecular formula is C11H22N2O3S. The molecule has 5 nitrogen and oxygen atoms in total. The average Bonchev–Trinajstić information content (AvgIpc) is 2.65. The second-order valence-corrected chi connectivity index (χ2v) is 6.83. The molecule has 1 saturated heterocycles. The molecule has 0 radical (unpaired) electrons. The van der Waals surface area contributed by atoms with E-state index in [0.717, 1.165) is 19.4 Å². The summed E-state index contributed by atoms with van der Waals surface area (Å²) in [5.41, 5.74) is 0. The fourth-order valence-electron chi connectivity index (χ4n) is 1.86. The minimum Gasteiger partial charge on any atom is -0.340 e. The summed E-state index contributed by atoms with van der Waals surface area (Å²) in [5.74, 6) is 0.271. The third kappa shape index (κ3) is 4.27. The van der Waals surface area contributed by atoms with Crippen LogP contribution in [0.15, 0.2) is 0 Å². The fourth-order valence-corrected chi connectivity index (χ4v) is 2.65. The van der Waals surface area contributed by atoms with Crippen molar-refractivity contribution in [3.05, 3.63) is 0 Å². The maximum atomic E-state index is 11.9. The Morgan fingerprint density at radius 2 is 2.12 bits per heavy atom. The Balaban J connectivity index is 2.40. The topological polar surface area (TPSA) is 66.5 Å². The van der Waals surface area contributed by atoms with E-state index in [4.69, 9.17) is 0 Å². The van der Waals surface area contributed by atoms with E-state index >= 15 is 0 Å². The molecule has 0 aromatic carbocycles. The third-order valence-electron chi connectivity index (χ3n) is 3.05. The SMILES string of the molecule is CCCNC1CCN(CCS(=O)(=O)CC)C1=O. The van der Waals surface area contributed by atoms with Crippen molar-refractivity contribution in [2.24, 2.45) is 0 Å². The second-order valence-electron chi connectivity index (χ2n) is 4.36. The van der Waals surface area contributed by atoms with Crippen molar-refractivity contribution in [1.29, 1.82) is 0 Å². The van der Waals surface area contributed by atoms with Gasteiger partial charge in [0.1, 0.15) is 0 Å². The number of likely N-dealkylation sites (tertiary alicyclic amines) is 1. The standard InChI is InChI=1S/C11H22N2O3S/c1-3-6-12-10-5-7-13(11(10)14)8-9-17(15,16)4-2/h10,12H,3-9H2,1-2H3. The minimum atomic E-state index is -2.98. The summed E-state index contributed by atoms with van der Waals surface area (Å²) in [5, 5.41) is 3.18. The van der Waals surface area contributed by atoms with Crippen molar-refractivity contribution in [1.82, 2.24) is 10.2 Å². The van der Waals surface area contributed by atoms with E-state index in [1.807, 2.05) is 0 Å². The molecule has 6 heteroatoms. The summed E-state index contributed by atoms with van der Waals surface area (Å²) in [4.78, 5) is 13.5. The summed E-state index contributed by atoms with van der Waals surface area (Å²) in [6.07, 6.45) is 1.78. The van der Waals surface area contributed by atoms with E-state index in [-0.39, 0.29) is 23.5 Å². The smallest absolute Gasteiger partial charge is 0.239 e. The Bertz CT molecular complexity index is 354. The van der Waals surface area contributed by atoms with Gasteiger partial charge in [0, 0.05) is 18.8 Å². The Morgan fingerprint density at radius 3 is 2.71 bits per heavy atom. The zero-order chi connectivity index (χ0) is 12.9. The maximum Gasteiger partial charge on any atom is 0.239 e. The number of rotatable bonds is 7. The number of carbonyl (C=O) groups excluding carboxylic acids is 1. The zero-order valence-corrected chi connectivity index (χ0v) is 11.4. The normalized spacial score (nSPS) is 21.2. The highest BCUT2D eigenvalue weighted by atomic mass is 32.2. The van der Waals surface area contributed by atoms with Crippen LogP contribution in [-0.4, -0.2) is 56.4 Å². The molecule has 0 aromatic rings. The molecule has 100 valence electrons. The first-order valence-corrected chi connectivity index (χ1v) is 8.05. The van der Waals surface area contributed by atoms with Crippen LogP contribution < -0.4 is 5.32 Å². The van der Waals surface area contributed by atoms with Crippen molar-refractivity contribution in [2.45, 2.75) is 32.7 Å². The van der Waals surface area contributed by atoms with Crippen molar-refractivity contribution in [3.8, 4) is 0 Å². The van der Waals surface area contributed by atoms with Crippen LogP contribution in [0.2, 0.25) is 0 Å². The number of hydrogen-bond donors (Lipinski definition) is 1. The molecule has 1 rings (SSSR count). The first-order valence-electron chi connectivity index (χ1n) is 6.22. The Hall–Kier alpha value is -0.620. The maximum absolute atomic E-state index is 11.9. The van der Waals surface area contributed by atoms with Crippen LogP contribution in [0.25, 0.3) is 0 Å². The lowest BCUT2D eigenvalue weighted by atomic mass is 10.2. The molecule has 1 fully saturated rings. The van der Waals surface area contributed by atoms with Crippen molar-refractivity contribution < 1.29 is 13.2 Å². The largest absolute Gasteiger partial charge is 0.340 e. The monoisotopic (exact) mass is 262 g/mol. The highest BCUT2D eigenvalue weighted by Gasteiger charge is 2.31. The Kier molecular flexibility index (Phi) is 5.39. The van der Waals surface area contributed by atoms with Crippen LogP contribution in [0.1, 0.15) is 26.7 Å². The summed E-state index contributed by atoms with van der Waals surface area (Å²) >= 11 is 0. The number of amides is 1. The number of sulfone groups is 1. The van der Waals surface area contributed by atoms with Gasteiger partial charge in [-0.05, 0) is 19.4 Å². The van der Waals surface area contributed by atoms with Gasteiger partial charge in [-0.3, -0.25) is 4.79 Å². The van der Waals surface area contributed by atoms with Gasteiger partial charge in [0.05, 0.1) is 11.8 Å². The molecule has 0 aromatic heterocycles. The molecule has 1 amide bonds. The van der Waals surface area contributed by atoms with Crippen LogP contribution in [-0.2, 0) is 14.6 Å². The summed E-state index contributed by atoms with van der Waals surface area (Å²) < 4.78 is 22.7. The van der Waals surface area contributed by atoms with Gasteiger partial charge in [-0.1, -0.05) is 13.8 Å². The number of carbonyl (C=O) groups is 1. The molecule has 0 bridgehead atoms. The molecule has 1 heterocycles. The molecule has 1 aliphatic rings. The highest BCUT2D eigenvalue weighted by molar-refractivity contribution is 7.91. The zero-order valence-electron chi connectivity index (χ0n) is 10.6. The van der Waals surface area contributed by atoms with Crippen LogP contribution in [0, 0.1) is 0 Å². The Labute approximate surface area is 103 Å². The molecule has 0 saturated carbocycles. The molecule has 1 aliphatic heterocycles. The summed E-state index contributed by atoms with van der Waals surface area (Å²) in [6.45, 7) is 5.51. The highest BCUT2D eigenvalue weighted by Crippen LogP contribution is 2.11. The van der Waals surface area contributed by atoms with Gasteiger partial charge < -0.3 is 10.2 Å². The first kappa shape index (κ1) is 14.4. The van der Waals surface area contributed by atoms with Gasteiger partial charge >= 0.3 is 0 Å². The molecule has 0 spiro atoms. The summed E-state index contributed by atoms with van der Waals surface area (Å²) in [6, 6.07) is -0.112. The van der Waals surface area contributed by atoms with E-state index in [0.29, 0.717) is 13.1 Å². The molecule has 17 heavy (non-hydrogen) atoms. The predicted molar refractivity (Wildman–Crippen MR) is 67.6 cm³/mol.